The standard InChI is InChI=1S/C12H14N/c1-8-4-7-12-11(10(8)3)6-5-9(2)13-12/h4-7,13H,1-3H3. The van der Waals surface area contributed by atoms with Crippen LogP contribution in [0.4, 0.5) is 0 Å². The lowest BCUT2D eigenvalue weighted by Gasteiger charge is -2.26. The van der Waals surface area contributed by atoms with Gasteiger partial charge in [-0.05, 0) is 31.6 Å². The van der Waals surface area contributed by atoms with Gasteiger partial charge in [-0.15, -0.1) is 0 Å². The van der Waals surface area contributed by atoms with Crippen molar-refractivity contribution in [2.75, 3.05) is 0 Å². The van der Waals surface area contributed by atoms with Crippen LogP contribution >= 0.6 is 0 Å². The van der Waals surface area contributed by atoms with Crippen molar-refractivity contribution in [1.82, 2.24) is 5.32 Å². The molecule has 1 heteroatoms. The van der Waals surface area contributed by atoms with Crippen molar-refractivity contribution < 1.29 is 0 Å². The molecule has 0 aromatic rings. The number of hydrogen-bond acceptors (Lipinski definition) is 1. The summed E-state index contributed by atoms with van der Waals surface area (Å²) in [6, 6.07) is 0. The average molecular weight is 172 g/mol. The van der Waals surface area contributed by atoms with Crippen LogP contribution in [0.15, 0.2) is 46.8 Å². The first-order valence-electron chi connectivity index (χ1n) is 4.57. The zero-order valence-corrected chi connectivity index (χ0v) is 8.31. The molecule has 2 rings (SSSR count). The van der Waals surface area contributed by atoms with Gasteiger partial charge in [-0.25, -0.2) is 0 Å². The van der Waals surface area contributed by atoms with E-state index in [2.05, 4.69) is 50.4 Å². The molecule has 0 aromatic heterocycles. The second kappa shape index (κ2) is 2.91. The lowest BCUT2D eigenvalue weighted by Crippen LogP contribution is -2.20. The van der Waals surface area contributed by atoms with Gasteiger partial charge in [0.15, 0.2) is 0 Å². The molecular formula is C12H14N. The van der Waals surface area contributed by atoms with E-state index in [0.29, 0.717) is 0 Å². The first-order valence-corrected chi connectivity index (χ1v) is 4.57. The van der Waals surface area contributed by atoms with E-state index in [0.717, 1.165) is 0 Å². The lowest BCUT2D eigenvalue weighted by atomic mass is 9.86. The van der Waals surface area contributed by atoms with Gasteiger partial charge in [0.05, 0.1) is 0 Å². The first kappa shape index (κ1) is 8.36. The van der Waals surface area contributed by atoms with Crippen molar-refractivity contribution >= 4 is 0 Å². The number of nitrogens with one attached hydrogen (secondary N) is 1. The molecule has 1 aliphatic carbocycles. The van der Waals surface area contributed by atoms with E-state index in [1.54, 1.807) is 0 Å². The minimum Gasteiger partial charge on any atom is -0.359 e. The van der Waals surface area contributed by atoms with Crippen molar-refractivity contribution in [2.45, 2.75) is 20.8 Å². The fourth-order valence-electron chi connectivity index (χ4n) is 1.62. The molecule has 0 fully saturated rings. The minimum absolute atomic E-state index is 1.20. The van der Waals surface area contributed by atoms with Gasteiger partial charge in [0.25, 0.3) is 0 Å². The summed E-state index contributed by atoms with van der Waals surface area (Å²) in [7, 11) is 0. The average Bonchev–Trinajstić information content (AvgIpc) is 2.12. The van der Waals surface area contributed by atoms with Crippen molar-refractivity contribution in [3.63, 3.8) is 0 Å². The van der Waals surface area contributed by atoms with Crippen molar-refractivity contribution in [3.8, 4) is 0 Å². The Balaban J connectivity index is 2.42. The third kappa shape index (κ3) is 1.35. The third-order valence-electron chi connectivity index (χ3n) is 2.62. The van der Waals surface area contributed by atoms with E-state index in [1.807, 2.05) is 0 Å². The highest BCUT2D eigenvalue weighted by Gasteiger charge is 2.20. The van der Waals surface area contributed by atoms with Gasteiger partial charge in [0, 0.05) is 17.3 Å². The van der Waals surface area contributed by atoms with Crippen LogP contribution in [0.25, 0.3) is 0 Å². The largest absolute Gasteiger partial charge is 0.359 e. The summed E-state index contributed by atoms with van der Waals surface area (Å²) in [5.74, 6) is 1.37. The number of allylic oxidation sites excluding steroid dienone is 7. The minimum atomic E-state index is 1.20. The highest BCUT2D eigenvalue weighted by Crippen LogP contribution is 2.32. The molecule has 2 aliphatic rings. The van der Waals surface area contributed by atoms with E-state index in [9.17, 15) is 0 Å². The summed E-state index contributed by atoms with van der Waals surface area (Å²) in [5, 5.41) is 3.36. The summed E-state index contributed by atoms with van der Waals surface area (Å²) < 4.78 is 0. The predicted molar refractivity (Wildman–Crippen MR) is 55.7 cm³/mol. The van der Waals surface area contributed by atoms with Gasteiger partial charge < -0.3 is 5.32 Å². The Morgan fingerprint density at radius 3 is 2.46 bits per heavy atom. The molecule has 0 saturated heterocycles. The Hall–Kier alpha value is -1.24. The summed E-state index contributed by atoms with van der Waals surface area (Å²) in [5.41, 5.74) is 5.11. The van der Waals surface area contributed by atoms with Crippen LogP contribution in [-0.4, -0.2) is 0 Å². The van der Waals surface area contributed by atoms with Gasteiger partial charge in [-0.1, -0.05) is 24.6 Å². The third-order valence-corrected chi connectivity index (χ3v) is 2.62. The number of hydrogen-bond donors (Lipinski definition) is 1. The summed E-state index contributed by atoms with van der Waals surface area (Å²) >= 11 is 0. The summed E-state index contributed by atoms with van der Waals surface area (Å²) in [6.45, 7) is 6.39. The second-order valence-electron chi connectivity index (χ2n) is 3.61. The quantitative estimate of drug-likeness (QED) is 0.592. The lowest BCUT2D eigenvalue weighted by molar-refractivity contribution is 0.925. The molecule has 0 spiro atoms. The van der Waals surface area contributed by atoms with Gasteiger partial charge in [0.2, 0.25) is 0 Å². The Labute approximate surface area is 79.5 Å². The second-order valence-corrected chi connectivity index (χ2v) is 3.61. The summed E-state index contributed by atoms with van der Waals surface area (Å²) in [6.07, 6.45) is 8.61. The molecule has 1 N–H and O–H groups in total. The molecule has 1 aliphatic heterocycles. The van der Waals surface area contributed by atoms with E-state index >= 15 is 0 Å². The molecule has 0 saturated carbocycles. The molecule has 1 radical (unpaired) electrons. The van der Waals surface area contributed by atoms with Crippen LogP contribution in [0.5, 0.6) is 0 Å². The van der Waals surface area contributed by atoms with Crippen molar-refractivity contribution in [1.29, 1.82) is 0 Å². The highest BCUT2D eigenvalue weighted by atomic mass is 14.9. The molecule has 1 heterocycles. The molecule has 0 unspecified atom stereocenters. The van der Waals surface area contributed by atoms with E-state index < -0.39 is 0 Å². The zero-order valence-electron chi connectivity index (χ0n) is 8.31. The monoisotopic (exact) mass is 172 g/mol. The molecule has 0 aromatic carbocycles. The fourth-order valence-corrected chi connectivity index (χ4v) is 1.62. The maximum Gasteiger partial charge on any atom is 0.0423 e. The maximum absolute atomic E-state index is 3.36. The highest BCUT2D eigenvalue weighted by molar-refractivity contribution is 5.58. The van der Waals surface area contributed by atoms with Crippen molar-refractivity contribution in [3.05, 3.63) is 52.8 Å². The first-order chi connectivity index (χ1) is 6.18. The van der Waals surface area contributed by atoms with Gasteiger partial charge in [0.1, 0.15) is 0 Å². The zero-order chi connectivity index (χ0) is 9.42. The van der Waals surface area contributed by atoms with Crippen LogP contribution in [0.3, 0.4) is 0 Å². The molecule has 0 atom stereocenters. The Bertz CT molecular complexity index is 353. The van der Waals surface area contributed by atoms with Gasteiger partial charge in [-0.2, -0.15) is 0 Å². The van der Waals surface area contributed by atoms with Gasteiger partial charge in [-0.3, -0.25) is 0 Å². The number of rotatable bonds is 0. The smallest absolute Gasteiger partial charge is 0.0423 e. The van der Waals surface area contributed by atoms with Gasteiger partial charge >= 0.3 is 0 Å². The van der Waals surface area contributed by atoms with Crippen LogP contribution in [0.1, 0.15) is 20.8 Å². The molecule has 67 valence electrons. The summed E-state index contributed by atoms with van der Waals surface area (Å²) in [4.78, 5) is 0. The predicted octanol–water partition coefficient (Wildman–Crippen LogP) is 2.86. The normalized spacial score (nSPS) is 22.1. The van der Waals surface area contributed by atoms with E-state index in [-0.39, 0.29) is 0 Å². The number of fused-ring (bicyclic) bond motifs is 1. The molecule has 0 amide bonds. The Morgan fingerprint density at radius 2 is 1.69 bits per heavy atom. The number of dihydropyridines is 1. The van der Waals surface area contributed by atoms with Crippen LogP contribution in [0.2, 0.25) is 0 Å². The van der Waals surface area contributed by atoms with E-state index in [4.69, 9.17) is 0 Å². The SMILES string of the molecule is C[C]1C(C)=CC=C2NC(C)=CC=C12. The molecular weight excluding hydrogens is 158 g/mol. The molecule has 0 bridgehead atoms. The fraction of sp³-hybridized carbons (Fsp3) is 0.250. The molecule has 1 nitrogen and oxygen atoms in total. The van der Waals surface area contributed by atoms with Crippen LogP contribution in [-0.2, 0) is 0 Å². The van der Waals surface area contributed by atoms with Crippen LogP contribution < -0.4 is 5.32 Å². The Morgan fingerprint density at radius 1 is 0.923 bits per heavy atom. The maximum atomic E-state index is 3.36. The molecule has 13 heavy (non-hydrogen) atoms. The van der Waals surface area contributed by atoms with Crippen molar-refractivity contribution in [2.24, 2.45) is 0 Å². The topological polar surface area (TPSA) is 12.0 Å². The Kier molecular flexibility index (Phi) is 1.87. The van der Waals surface area contributed by atoms with Crippen LogP contribution in [0, 0.1) is 5.92 Å². The van der Waals surface area contributed by atoms with E-state index in [1.165, 1.54) is 28.5 Å².